The molecule has 1 aromatic heterocycles. The Bertz CT molecular complexity index is 530. The van der Waals surface area contributed by atoms with E-state index in [1.165, 1.54) is 0 Å². The third-order valence-electron chi connectivity index (χ3n) is 3.62. The molecule has 3 heteroatoms. The van der Waals surface area contributed by atoms with Gasteiger partial charge in [0.25, 0.3) is 0 Å². The zero-order valence-corrected chi connectivity index (χ0v) is 10.2. The van der Waals surface area contributed by atoms with E-state index in [0.717, 1.165) is 35.9 Å². The molecule has 1 saturated heterocycles. The molecular weight excluding hydrogens is 226 g/mol. The van der Waals surface area contributed by atoms with Crippen LogP contribution >= 0.6 is 0 Å². The van der Waals surface area contributed by atoms with E-state index in [2.05, 4.69) is 4.98 Å². The van der Waals surface area contributed by atoms with E-state index >= 15 is 0 Å². The number of ether oxygens (including phenoxy) is 1. The lowest BCUT2D eigenvalue weighted by Gasteiger charge is -2.27. The number of aliphatic hydroxyl groups is 1. The van der Waals surface area contributed by atoms with Gasteiger partial charge in [-0.05, 0) is 18.9 Å². The van der Waals surface area contributed by atoms with Gasteiger partial charge in [-0.3, -0.25) is 4.98 Å². The first-order valence-corrected chi connectivity index (χ1v) is 6.46. The summed E-state index contributed by atoms with van der Waals surface area (Å²) in [6, 6.07) is 9.91. The highest BCUT2D eigenvalue weighted by Gasteiger charge is 2.25. The Hall–Kier alpha value is -1.45. The average Bonchev–Trinajstić information content (AvgIpc) is 2.47. The fraction of sp³-hybridized carbons (Fsp3) is 0.400. The summed E-state index contributed by atoms with van der Waals surface area (Å²) in [5, 5.41) is 11.6. The lowest BCUT2D eigenvalue weighted by Crippen LogP contribution is -2.23. The molecule has 0 radical (unpaired) electrons. The second kappa shape index (κ2) is 5.04. The first-order valence-electron chi connectivity index (χ1n) is 6.46. The van der Waals surface area contributed by atoms with Crippen molar-refractivity contribution in [1.82, 2.24) is 4.98 Å². The number of fused-ring (bicyclic) bond motifs is 1. The van der Waals surface area contributed by atoms with Crippen molar-refractivity contribution in [3.63, 3.8) is 0 Å². The molecule has 94 valence electrons. The second-order valence-corrected chi connectivity index (χ2v) is 4.84. The van der Waals surface area contributed by atoms with Gasteiger partial charge in [0.05, 0.1) is 18.2 Å². The molecule has 1 N–H and O–H groups in total. The smallest absolute Gasteiger partial charge is 0.0861 e. The molecule has 1 aliphatic heterocycles. The van der Waals surface area contributed by atoms with Crippen molar-refractivity contribution in [1.29, 1.82) is 0 Å². The van der Waals surface area contributed by atoms with Gasteiger partial charge in [0, 0.05) is 29.7 Å². The van der Waals surface area contributed by atoms with Crippen LogP contribution in [0.25, 0.3) is 10.9 Å². The number of nitrogens with zero attached hydrogens (tertiary/aromatic N) is 1. The van der Waals surface area contributed by atoms with Crippen molar-refractivity contribution in [2.45, 2.75) is 18.9 Å². The van der Waals surface area contributed by atoms with Crippen LogP contribution in [0.3, 0.4) is 0 Å². The van der Waals surface area contributed by atoms with Crippen LogP contribution in [0.2, 0.25) is 0 Å². The van der Waals surface area contributed by atoms with Crippen LogP contribution in [0.4, 0.5) is 0 Å². The molecule has 3 nitrogen and oxygen atoms in total. The highest BCUT2D eigenvalue weighted by molar-refractivity contribution is 5.81. The molecule has 0 spiro atoms. The van der Waals surface area contributed by atoms with Gasteiger partial charge in [-0.15, -0.1) is 0 Å². The minimum Gasteiger partial charge on any atom is -0.388 e. The Labute approximate surface area is 106 Å². The van der Waals surface area contributed by atoms with Gasteiger partial charge in [0.2, 0.25) is 0 Å². The van der Waals surface area contributed by atoms with Gasteiger partial charge in [-0.2, -0.15) is 0 Å². The van der Waals surface area contributed by atoms with Crippen molar-refractivity contribution in [3.8, 4) is 0 Å². The number of benzene rings is 1. The number of aromatic nitrogens is 1. The molecule has 0 amide bonds. The van der Waals surface area contributed by atoms with E-state index in [1.807, 2.05) is 30.3 Å². The van der Waals surface area contributed by atoms with Crippen LogP contribution in [-0.2, 0) is 4.74 Å². The number of para-hydroxylation sites is 1. The summed E-state index contributed by atoms with van der Waals surface area (Å²) in [6.45, 7) is 1.46. The predicted octanol–water partition coefficient (Wildman–Crippen LogP) is 2.69. The Kier molecular flexibility index (Phi) is 3.26. The molecule has 2 unspecified atom stereocenters. The third kappa shape index (κ3) is 2.11. The van der Waals surface area contributed by atoms with E-state index in [1.54, 1.807) is 6.20 Å². The zero-order valence-electron chi connectivity index (χ0n) is 10.2. The Morgan fingerprint density at radius 3 is 3.00 bits per heavy atom. The Morgan fingerprint density at radius 1 is 1.28 bits per heavy atom. The largest absolute Gasteiger partial charge is 0.388 e. The normalized spacial score (nSPS) is 21.9. The van der Waals surface area contributed by atoms with Crippen LogP contribution in [-0.4, -0.2) is 23.3 Å². The molecule has 18 heavy (non-hydrogen) atoms. The molecule has 3 rings (SSSR count). The molecule has 0 aliphatic carbocycles. The quantitative estimate of drug-likeness (QED) is 0.881. The first kappa shape index (κ1) is 11.6. The van der Waals surface area contributed by atoms with Gasteiger partial charge in [-0.25, -0.2) is 0 Å². The van der Waals surface area contributed by atoms with E-state index in [9.17, 15) is 5.11 Å². The number of hydrogen-bond donors (Lipinski definition) is 1. The van der Waals surface area contributed by atoms with Crippen LogP contribution in [0, 0.1) is 5.92 Å². The lowest BCUT2D eigenvalue weighted by molar-refractivity contribution is -0.00948. The topological polar surface area (TPSA) is 42.4 Å². The number of pyridine rings is 1. The maximum absolute atomic E-state index is 10.5. The van der Waals surface area contributed by atoms with Crippen molar-refractivity contribution in [2.75, 3.05) is 13.2 Å². The van der Waals surface area contributed by atoms with E-state index in [-0.39, 0.29) is 5.92 Å². The first-order chi connectivity index (χ1) is 8.86. The summed E-state index contributed by atoms with van der Waals surface area (Å²) in [6.07, 6.45) is 3.34. The van der Waals surface area contributed by atoms with Crippen LogP contribution in [0.5, 0.6) is 0 Å². The Balaban J connectivity index is 1.97. The summed E-state index contributed by atoms with van der Waals surface area (Å²) in [5.74, 6) is 0.186. The monoisotopic (exact) mass is 243 g/mol. The van der Waals surface area contributed by atoms with Gasteiger partial charge < -0.3 is 9.84 Å². The second-order valence-electron chi connectivity index (χ2n) is 4.84. The maximum Gasteiger partial charge on any atom is 0.0861 e. The van der Waals surface area contributed by atoms with Crippen molar-refractivity contribution in [3.05, 3.63) is 42.1 Å². The minimum atomic E-state index is -0.483. The molecule has 1 fully saturated rings. The van der Waals surface area contributed by atoms with Gasteiger partial charge in [-0.1, -0.05) is 24.3 Å². The van der Waals surface area contributed by atoms with Gasteiger partial charge >= 0.3 is 0 Å². The molecule has 2 aromatic rings. The number of rotatable bonds is 2. The highest BCUT2D eigenvalue weighted by Crippen LogP contribution is 2.31. The summed E-state index contributed by atoms with van der Waals surface area (Å²) in [4.78, 5) is 4.40. The van der Waals surface area contributed by atoms with Crippen LogP contribution in [0.1, 0.15) is 24.5 Å². The lowest BCUT2D eigenvalue weighted by atomic mass is 9.90. The van der Waals surface area contributed by atoms with Gasteiger partial charge in [0.15, 0.2) is 0 Å². The molecule has 2 heterocycles. The molecule has 2 atom stereocenters. The van der Waals surface area contributed by atoms with Gasteiger partial charge in [0.1, 0.15) is 0 Å². The minimum absolute atomic E-state index is 0.186. The summed E-state index contributed by atoms with van der Waals surface area (Å²) in [5.41, 5.74) is 1.82. The summed E-state index contributed by atoms with van der Waals surface area (Å²) >= 11 is 0. The van der Waals surface area contributed by atoms with Crippen molar-refractivity contribution < 1.29 is 9.84 Å². The van der Waals surface area contributed by atoms with E-state index in [0.29, 0.717) is 6.61 Å². The molecule has 0 saturated carbocycles. The SMILES string of the molecule is OC(c1cccc2cccnc12)C1CCCOC1. The Morgan fingerprint density at radius 2 is 2.17 bits per heavy atom. The van der Waals surface area contributed by atoms with Crippen LogP contribution in [0.15, 0.2) is 36.5 Å². The fourth-order valence-corrected chi connectivity index (χ4v) is 2.64. The van der Waals surface area contributed by atoms with Crippen molar-refractivity contribution in [2.24, 2.45) is 5.92 Å². The van der Waals surface area contributed by atoms with Crippen molar-refractivity contribution >= 4 is 10.9 Å². The van der Waals surface area contributed by atoms with E-state index in [4.69, 9.17) is 4.74 Å². The number of hydrogen-bond acceptors (Lipinski definition) is 3. The molecule has 1 aromatic carbocycles. The van der Waals surface area contributed by atoms with Crippen LogP contribution < -0.4 is 0 Å². The highest BCUT2D eigenvalue weighted by atomic mass is 16.5. The standard InChI is InChI=1S/C15H17NO2/c17-15(12-6-3-9-18-10-12)13-7-1-4-11-5-2-8-16-14(11)13/h1-2,4-5,7-8,12,15,17H,3,6,9-10H2. The molecule has 1 aliphatic rings. The fourth-order valence-electron chi connectivity index (χ4n) is 2.64. The average molecular weight is 243 g/mol. The zero-order chi connectivity index (χ0) is 12.4. The third-order valence-corrected chi connectivity index (χ3v) is 3.62. The predicted molar refractivity (Wildman–Crippen MR) is 70.2 cm³/mol. The number of aliphatic hydroxyl groups excluding tert-OH is 1. The molecular formula is C15H17NO2. The maximum atomic E-state index is 10.5. The van der Waals surface area contributed by atoms with E-state index < -0.39 is 6.10 Å². The summed E-state index contributed by atoms with van der Waals surface area (Å²) < 4.78 is 5.46. The molecule has 0 bridgehead atoms. The summed E-state index contributed by atoms with van der Waals surface area (Å²) in [7, 11) is 0.